The summed E-state index contributed by atoms with van der Waals surface area (Å²) in [6.07, 6.45) is 0. The molecular weight excluding hydrogens is 350 g/mol. The third kappa shape index (κ3) is 4.07. The molecule has 2 aromatic carbocycles. The lowest BCUT2D eigenvalue weighted by Gasteiger charge is -2.07. The number of para-hydroxylation sites is 1. The predicted molar refractivity (Wildman–Crippen MR) is 103 cm³/mol. The van der Waals surface area contributed by atoms with Crippen molar-refractivity contribution in [2.75, 3.05) is 17.7 Å². The molecule has 1 heterocycles. The van der Waals surface area contributed by atoms with E-state index in [2.05, 4.69) is 20.4 Å². The molecule has 0 atom stereocenters. The number of thiazole rings is 1. The number of aryl methyl sites for hydroxylation is 1. The highest BCUT2D eigenvalue weighted by atomic mass is 32.1. The SMILES string of the molecule is COC(=O)c1ccc(-c2csc(NC(=O)Nc3ccccc3C)n2)cc1. The number of anilines is 2. The van der Waals surface area contributed by atoms with Gasteiger partial charge in [0.1, 0.15) is 0 Å². The van der Waals surface area contributed by atoms with Gasteiger partial charge in [-0.2, -0.15) is 0 Å². The number of methoxy groups -OCH3 is 1. The van der Waals surface area contributed by atoms with Crippen molar-refractivity contribution < 1.29 is 14.3 Å². The molecule has 6 nitrogen and oxygen atoms in total. The smallest absolute Gasteiger partial charge is 0.337 e. The van der Waals surface area contributed by atoms with Crippen LogP contribution < -0.4 is 10.6 Å². The van der Waals surface area contributed by atoms with Gasteiger partial charge in [0.15, 0.2) is 5.13 Å². The van der Waals surface area contributed by atoms with Crippen LogP contribution in [0.15, 0.2) is 53.9 Å². The molecule has 0 bridgehead atoms. The van der Waals surface area contributed by atoms with Crippen molar-refractivity contribution >= 4 is 34.2 Å². The zero-order valence-corrected chi connectivity index (χ0v) is 15.1. The summed E-state index contributed by atoms with van der Waals surface area (Å²) in [7, 11) is 1.34. The first-order valence-electron chi connectivity index (χ1n) is 7.85. The lowest BCUT2D eigenvalue weighted by molar-refractivity contribution is 0.0600. The van der Waals surface area contributed by atoms with Crippen LogP contribution in [0.2, 0.25) is 0 Å². The Labute approximate surface area is 154 Å². The summed E-state index contributed by atoms with van der Waals surface area (Å²) in [6.45, 7) is 1.93. The Morgan fingerprint density at radius 1 is 1.04 bits per heavy atom. The van der Waals surface area contributed by atoms with Gasteiger partial charge in [-0.05, 0) is 30.7 Å². The standard InChI is InChI=1S/C19H17N3O3S/c1-12-5-3-4-6-15(12)20-18(24)22-19-21-16(11-26-19)13-7-9-14(10-8-13)17(23)25-2/h3-11H,1-2H3,(H2,20,21,22,24). The van der Waals surface area contributed by atoms with Crippen molar-refractivity contribution in [2.24, 2.45) is 0 Å². The number of urea groups is 1. The Balaban J connectivity index is 1.67. The second-order valence-corrected chi connectivity index (χ2v) is 6.36. The quantitative estimate of drug-likeness (QED) is 0.663. The Bertz CT molecular complexity index is 935. The van der Waals surface area contributed by atoms with Gasteiger partial charge in [0.2, 0.25) is 0 Å². The van der Waals surface area contributed by atoms with Crippen molar-refractivity contribution in [3.63, 3.8) is 0 Å². The third-order valence-corrected chi connectivity index (χ3v) is 4.48. The minimum atomic E-state index is -0.384. The molecule has 0 aliphatic carbocycles. The average Bonchev–Trinajstić information content (AvgIpc) is 3.11. The molecule has 1 aromatic heterocycles. The van der Waals surface area contributed by atoms with Crippen LogP contribution in [0.1, 0.15) is 15.9 Å². The number of benzene rings is 2. The average molecular weight is 367 g/mol. The van der Waals surface area contributed by atoms with Gasteiger partial charge >= 0.3 is 12.0 Å². The summed E-state index contributed by atoms with van der Waals surface area (Å²) in [6, 6.07) is 14.1. The minimum Gasteiger partial charge on any atom is -0.465 e. The van der Waals surface area contributed by atoms with Crippen molar-refractivity contribution in [1.29, 1.82) is 0 Å². The van der Waals surface area contributed by atoms with E-state index in [1.54, 1.807) is 24.3 Å². The number of carbonyl (C=O) groups excluding carboxylic acids is 2. The number of amides is 2. The molecule has 3 aromatic rings. The number of nitrogens with zero attached hydrogens (tertiary/aromatic N) is 1. The van der Waals surface area contributed by atoms with Gasteiger partial charge < -0.3 is 10.1 Å². The normalized spacial score (nSPS) is 10.2. The molecule has 2 amide bonds. The summed E-state index contributed by atoms with van der Waals surface area (Å²) < 4.78 is 4.68. The number of hydrogen-bond donors (Lipinski definition) is 2. The number of ether oxygens (including phenoxy) is 1. The monoisotopic (exact) mass is 367 g/mol. The molecule has 0 aliphatic rings. The van der Waals surface area contributed by atoms with E-state index < -0.39 is 0 Å². The van der Waals surface area contributed by atoms with Crippen molar-refractivity contribution in [3.8, 4) is 11.3 Å². The zero-order valence-electron chi connectivity index (χ0n) is 14.3. The second kappa shape index (κ2) is 7.79. The van der Waals surface area contributed by atoms with Crippen LogP contribution >= 0.6 is 11.3 Å². The molecule has 3 rings (SSSR count). The highest BCUT2D eigenvalue weighted by Crippen LogP contribution is 2.25. The molecule has 0 fully saturated rings. The zero-order chi connectivity index (χ0) is 18.5. The maximum Gasteiger partial charge on any atom is 0.337 e. The molecule has 132 valence electrons. The van der Waals surface area contributed by atoms with Crippen molar-refractivity contribution in [3.05, 3.63) is 65.0 Å². The highest BCUT2D eigenvalue weighted by molar-refractivity contribution is 7.14. The van der Waals surface area contributed by atoms with Crippen LogP contribution in [0.5, 0.6) is 0 Å². The molecule has 0 aliphatic heterocycles. The Kier molecular flexibility index (Phi) is 5.28. The molecule has 2 N–H and O–H groups in total. The molecule has 7 heteroatoms. The molecule has 0 saturated heterocycles. The number of nitrogens with one attached hydrogen (secondary N) is 2. The number of carbonyl (C=O) groups is 2. The van der Waals surface area contributed by atoms with Gasteiger partial charge in [-0.1, -0.05) is 30.3 Å². The van der Waals surface area contributed by atoms with E-state index in [0.29, 0.717) is 10.7 Å². The summed E-state index contributed by atoms with van der Waals surface area (Å²) in [5.74, 6) is -0.384. The van der Waals surface area contributed by atoms with Crippen molar-refractivity contribution in [2.45, 2.75) is 6.92 Å². The maximum atomic E-state index is 12.1. The third-order valence-electron chi connectivity index (χ3n) is 3.72. The van der Waals surface area contributed by atoms with Gasteiger partial charge in [-0.15, -0.1) is 11.3 Å². The molecule has 26 heavy (non-hydrogen) atoms. The molecule has 0 unspecified atom stereocenters. The summed E-state index contributed by atoms with van der Waals surface area (Å²) >= 11 is 1.33. The summed E-state index contributed by atoms with van der Waals surface area (Å²) in [4.78, 5) is 28.0. The van der Waals surface area contributed by atoms with Crippen LogP contribution in [0.3, 0.4) is 0 Å². The molecule has 0 radical (unpaired) electrons. The van der Waals surface area contributed by atoms with Crippen LogP contribution in [0.4, 0.5) is 15.6 Å². The number of hydrogen-bond acceptors (Lipinski definition) is 5. The largest absolute Gasteiger partial charge is 0.465 e. The van der Waals surface area contributed by atoms with Crippen LogP contribution in [0, 0.1) is 6.92 Å². The van der Waals surface area contributed by atoms with Gasteiger partial charge in [0.25, 0.3) is 0 Å². The van der Waals surface area contributed by atoms with Gasteiger partial charge in [-0.25, -0.2) is 14.6 Å². The number of esters is 1. The van der Waals surface area contributed by atoms with Crippen LogP contribution in [-0.4, -0.2) is 24.1 Å². The first-order valence-corrected chi connectivity index (χ1v) is 8.72. The van der Waals surface area contributed by atoms with Crippen LogP contribution in [-0.2, 0) is 4.74 Å². The Morgan fingerprint density at radius 3 is 2.46 bits per heavy atom. The van der Waals surface area contributed by atoms with E-state index >= 15 is 0 Å². The number of aromatic nitrogens is 1. The van der Waals surface area contributed by atoms with E-state index in [1.165, 1.54) is 18.4 Å². The van der Waals surface area contributed by atoms with Gasteiger partial charge in [0.05, 0.1) is 18.4 Å². The lowest BCUT2D eigenvalue weighted by atomic mass is 10.1. The maximum absolute atomic E-state index is 12.1. The summed E-state index contributed by atoms with van der Waals surface area (Å²) in [5, 5.41) is 7.86. The Hall–Kier alpha value is -3.19. The van der Waals surface area contributed by atoms with Gasteiger partial charge in [0, 0.05) is 16.6 Å². The van der Waals surface area contributed by atoms with E-state index in [9.17, 15) is 9.59 Å². The minimum absolute atomic E-state index is 0.346. The fourth-order valence-electron chi connectivity index (χ4n) is 2.32. The van der Waals surface area contributed by atoms with E-state index in [0.717, 1.165) is 22.5 Å². The second-order valence-electron chi connectivity index (χ2n) is 5.50. The van der Waals surface area contributed by atoms with Crippen molar-refractivity contribution in [1.82, 2.24) is 4.98 Å². The highest BCUT2D eigenvalue weighted by Gasteiger charge is 2.10. The summed E-state index contributed by atoms with van der Waals surface area (Å²) in [5.41, 5.74) is 3.77. The molecule has 0 saturated carbocycles. The first kappa shape index (κ1) is 17.6. The van der Waals surface area contributed by atoms with E-state index in [4.69, 9.17) is 0 Å². The fraction of sp³-hybridized carbons (Fsp3) is 0.105. The molecule has 0 spiro atoms. The first-order chi connectivity index (χ1) is 12.6. The van der Waals surface area contributed by atoms with E-state index in [1.807, 2.05) is 36.6 Å². The molecular formula is C19H17N3O3S. The van der Waals surface area contributed by atoms with E-state index in [-0.39, 0.29) is 12.0 Å². The fourth-order valence-corrected chi connectivity index (χ4v) is 3.04. The topological polar surface area (TPSA) is 80.3 Å². The van der Waals surface area contributed by atoms with Gasteiger partial charge in [-0.3, -0.25) is 5.32 Å². The number of rotatable bonds is 4. The van der Waals surface area contributed by atoms with Crippen LogP contribution in [0.25, 0.3) is 11.3 Å². The predicted octanol–water partition coefficient (Wildman–Crippen LogP) is 4.55. The Morgan fingerprint density at radius 2 is 1.77 bits per heavy atom. The lowest BCUT2D eigenvalue weighted by Crippen LogP contribution is -2.19.